The first-order valence-corrected chi connectivity index (χ1v) is 7.98. The van der Waals surface area contributed by atoms with Crippen LogP contribution in [0.5, 0.6) is 0 Å². The molecule has 116 valence electrons. The van der Waals surface area contributed by atoms with Crippen LogP contribution >= 0.6 is 28.1 Å². The topological polar surface area (TPSA) is 83.3 Å². The first kappa shape index (κ1) is 16.6. The highest BCUT2D eigenvalue weighted by Crippen LogP contribution is 2.17. The van der Waals surface area contributed by atoms with Crippen molar-refractivity contribution < 1.29 is 0 Å². The minimum absolute atomic E-state index is 0.0580. The van der Waals surface area contributed by atoms with Crippen molar-refractivity contribution in [1.29, 1.82) is 0 Å². The zero-order valence-electron chi connectivity index (χ0n) is 12.4. The summed E-state index contributed by atoms with van der Waals surface area (Å²) in [6.07, 6.45) is 1.26. The fourth-order valence-electron chi connectivity index (χ4n) is 2.24. The molecule has 0 aliphatic rings. The van der Waals surface area contributed by atoms with Gasteiger partial charge in [0.25, 0.3) is 0 Å². The summed E-state index contributed by atoms with van der Waals surface area (Å²) in [5.74, 6) is 0. The smallest absolute Gasteiger partial charge is 0.192 e. The Hall–Kier alpha value is -1.73. The molecule has 0 aliphatic carbocycles. The molecular formula is C15H17BrN4OS. The summed E-state index contributed by atoms with van der Waals surface area (Å²) in [6, 6.07) is 5.65. The number of aryl methyl sites for hydroxylation is 1. The summed E-state index contributed by atoms with van der Waals surface area (Å²) in [5, 5.41) is 4.87. The highest BCUT2D eigenvalue weighted by Gasteiger charge is 2.10. The SMILES string of the molecule is CC(CCc1c(C)[nH]c2ccc(Br)cc2c1=O)=NNC(N)=S. The summed E-state index contributed by atoms with van der Waals surface area (Å²) < 4.78 is 0.888. The van der Waals surface area contributed by atoms with Crippen molar-refractivity contribution in [1.82, 2.24) is 10.4 Å². The van der Waals surface area contributed by atoms with Crippen LogP contribution in [0.15, 0.2) is 32.6 Å². The number of fused-ring (bicyclic) bond motifs is 1. The van der Waals surface area contributed by atoms with Crippen LogP contribution in [0.2, 0.25) is 0 Å². The Labute approximate surface area is 142 Å². The molecule has 5 nitrogen and oxygen atoms in total. The number of pyridine rings is 1. The minimum Gasteiger partial charge on any atom is -0.375 e. The molecule has 7 heteroatoms. The second kappa shape index (κ2) is 7.02. The van der Waals surface area contributed by atoms with E-state index in [0.717, 1.165) is 27.0 Å². The minimum atomic E-state index is 0.0580. The van der Waals surface area contributed by atoms with Gasteiger partial charge in [-0.3, -0.25) is 10.2 Å². The molecule has 0 aliphatic heterocycles. The Morgan fingerprint density at radius 1 is 1.50 bits per heavy atom. The van der Waals surface area contributed by atoms with Crippen LogP contribution in [0.4, 0.5) is 0 Å². The van der Waals surface area contributed by atoms with Crippen molar-refractivity contribution in [2.45, 2.75) is 26.7 Å². The molecule has 0 amide bonds. The number of nitrogens with zero attached hydrogens (tertiary/aromatic N) is 1. The molecular weight excluding hydrogens is 364 g/mol. The molecule has 0 radical (unpaired) electrons. The van der Waals surface area contributed by atoms with Gasteiger partial charge in [-0.1, -0.05) is 15.9 Å². The van der Waals surface area contributed by atoms with Crippen LogP contribution in [-0.2, 0) is 6.42 Å². The standard InChI is InChI=1S/C15H17BrN4OS/c1-8(19-20-15(17)22)3-5-11-9(2)18-13-6-4-10(16)7-12(13)14(11)21/h4,6-7H,3,5H2,1-2H3,(H,18,21)(H3,17,20,22). The Morgan fingerprint density at radius 2 is 2.23 bits per heavy atom. The van der Waals surface area contributed by atoms with Crippen molar-refractivity contribution in [3.05, 3.63) is 44.2 Å². The summed E-state index contributed by atoms with van der Waals surface area (Å²) in [4.78, 5) is 15.9. The number of hydrogen-bond acceptors (Lipinski definition) is 3. The van der Waals surface area contributed by atoms with Gasteiger partial charge in [-0.05, 0) is 57.1 Å². The third-order valence-corrected chi connectivity index (χ3v) is 3.95. The molecule has 0 atom stereocenters. The average Bonchev–Trinajstić information content (AvgIpc) is 2.46. The van der Waals surface area contributed by atoms with Gasteiger partial charge in [0.2, 0.25) is 0 Å². The fourth-order valence-corrected chi connectivity index (χ4v) is 2.64. The van der Waals surface area contributed by atoms with Gasteiger partial charge in [-0.2, -0.15) is 5.10 Å². The number of halogens is 1. The molecule has 0 fully saturated rings. The number of nitrogens with one attached hydrogen (secondary N) is 2. The quantitative estimate of drug-likeness (QED) is 0.432. The highest BCUT2D eigenvalue weighted by atomic mass is 79.9. The lowest BCUT2D eigenvalue weighted by molar-refractivity contribution is 0.948. The fraction of sp³-hybridized carbons (Fsp3) is 0.267. The maximum Gasteiger partial charge on any atom is 0.192 e. The Kier molecular flexibility index (Phi) is 5.31. The van der Waals surface area contributed by atoms with E-state index in [9.17, 15) is 4.79 Å². The maximum atomic E-state index is 12.6. The Morgan fingerprint density at radius 3 is 2.91 bits per heavy atom. The lowest BCUT2D eigenvalue weighted by Gasteiger charge is -2.08. The van der Waals surface area contributed by atoms with Crippen LogP contribution in [0, 0.1) is 6.92 Å². The average molecular weight is 381 g/mol. The molecule has 0 bridgehead atoms. The Bertz CT molecular complexity index is 813. The maximum absolute atomic E-state index is 12.6. The monoisotopic (exact) mass is 380 g/mol. The van der Waals surface area contributed by atoms with Gasteiger partial charge in [0, 0.05) is 32.3 Å². The lowest BCUT2D eigenvalue weighted by atomic mass is 10.0. The van der Waals surface area contributed by atoms with Crippen LogP contribution in [0.3, 0.4) is 0 Å². The number of aromatic amines is 1. The van der Waals surface area contributed by atoms with E-state index in [1.807, 2.05) is 32.0 Å². The third-order valence-electron chi connectivity index (χ3n) is 3.37. The van der Waals surface area contributed by atoms with Gasteiger partial charge in [0.15, 0.2) is 10.5 Å². The summed E-state index contributed by atoms with van der Waals surface area (Å²) in [7, 11) is 0. The van der Waals surface area contributed by atoms with E-state index in [-0.39, 0.29) is 10.5 Å². The first-order valence-electron chi connectivity index (χ1n) is 6.78. The molecule has 2 aromatic rings. The zero-order chi connectivity index (χ0) is 16.3. The van der Waals surface area contributed by atoms with Gasteiger partial charge >= 0.3 is 0 Å². The molecule has 1 aromatic carbocycles. The van der Waals surface area contributed by atoms with Crippen molar-refractivity contribution >= 4 is 49.9 Å². The number of aromatic nitrogens is 1. The third kappa shape index (κ3) is 3.92. The van der Waals surface area contributed by atoms with E-state index in [2.05, 4.69) is 31.4 Å². The molecule has 0 unspecified atom stereocenters. The number of nitrogens with two attached hydrogens (primary N) is 1. The van der Waals surface area contributed by atoms with Crippen molar-refractivity contribution in [2.24, 2.45) is 10.8 Å². The van der Waals surface area contributed by atoms with E-state index < -0.39 is 0 Å². The number of hydrazone groups is 1. The molecule has 0 saturated carbocycles. The van der Waals surface area contributed by atoms with Gasteiger partial charge in [0.1, 0.15) is 0 Å². The van der Waals surface area contributed by atoms with E-state index in [1.54, 1.807) is 0 Å². The zero-order valence-corrected chi connectivity index (χ0v) is 14.8. The number of thiocarbonyl (C=S) groups is 1. The van der Waals surface area contributed by atoms with Crippen LogP contribution in [0.1, 0.15) is 24.6 Å². The van der Waals surface area contributed by atoms with Crippen molar-refractivity contribution in [3.8, 4) is 0 Å². The van der Waals surface area contributed by atoms with E-state index in [4.69, 9.17) is 18.0 Å². The van der Waals surface area contributed by atoms with Crippen molar-refractivity contribution in [2.75, 3.05) is 0 Å². The van der Waals surface area contributed by atoms with Gasteiger partial charge in [-0.25, -0.2) is 0 Å². The number of hydrogen-bond donors (Lipinski definition) is 3. The summed E-state index contributed by atoms with van der Waals surface area (Å²) >= 11 is 8.10. The summed E-state index contributed by atoms with van der Waals surface area (Å²) in [6.45, 7) is 3.78. The normalized spacial score (nSPS) is 11.7. The van der Waals surface area contributed by atoms with Crippen LogP contribution in [-0.4, -0.2) is 15.8 Å². The largest absolute Gasteiger partial charge is 0.375 e. The summed E-state index contributed by atoms with van der Waals surface area (Å²) in [5.41, 5.74) is 11.3. The highest BCUT2D eigenvalue weighted by molar-refractivity contribution is 9.10. The van der Waals surface area contributed by atoms with Gasteiger partial charge < -0.3 is 10.7 Å². The molecule has 0 spiro atoms. The molecule has 22 heavy (non-hydrogen) atoms. The lowest BCUT2D eigenvalue weighted by Crippen LogP contribution is -2.25. The molecule has 0 saturated heterocycles. The van der Waals surface area contributed by atoms with E-state index in [0.29, 0.717) is 18.2 Å². The van der Waals surface area contributed by atoms with E-state index in [1.165, 1.54) is 0 Å². The molecule has 1 heterocycles. The van der Waals surface area contributed by atoms with Crippen molar-refractivity contribution in [3.63, 3.8) is 0 Å². The molecule has 2 rings (SSSR count). The molecule has 4 N–H and O–H groups in total. The van der Waals surface area contributed by atoms with Gasteiger partial charge in [-0.15, -0.1) is 0 Å². The van der Waals surface area contributed by atoms with Crippen LogP contribution in [0.25, 0.3) is 10.9 Å². The predicted molar refractivity (Wildman–Crippen MR) is 98.4 cm³/mol. The molecule has 1 aromatic heterocycles. The van der Waals surface area contributed by atoms with Gasteiger partial charge in [0.05, 0.1) is 0 Å². The van der Waals surface area contributed by atoms with E-state index >= 15 is 0 Å². The number of rotatable bonds is 4. The second-order valence-electron chi connectivity index (χ2n) is 5.07. The number of H-pyrrole nitrogens is 1. The van der Waals surface area contributed by atoms with Crippen LogP contribution < -0.4 is 16.6 Å². The predicted octanol–water partition coefficient (Wildman–Crippen LogP) is 2.74. The number of benzene rings is 1. The first-order chi connectivity index (χ1) is 10.4. The Balaban J connectivity index is 2.30. The second-order valence-corrected chi connectivity index (χ2v) is 6.43.